The van der Waals surface area contributed by atoms with Gasteiger partial charge in [-0.05, 0) is 31.5 Å². The fourth-order valence-electron chi connectivity index (χ4n) is 1.59. The monoisotopic (exact) mass is 425 g/mol. The summed E-state index contributed by atoms with van der Waals surface area (Å²) < 4.78 is 23.8. The number of methoxy groups -OCH3 is 2. The van der Waals surface area contributed by atoms with Crippen molar-refractivity contribution in [3.8, 4) is 5.75 Å². The van der Waals surface area contributed by atoms with E-state index in [0.29, 0.717) is 19.0 Å². The van der Waals surface area contributed by atoms with Crippen LogP contribution in [0.25, 0.3) is 0 Å². The van der Waals surface area contributed by atoms with Crippen LogP contribution >= 0.6 is 24.0 Å². The summed E-state index contributed by atoms with van der Waals surface area (Å²) in [5, 5.41) is 6.29. The van der Waals surface area contributed by atoms with Crippen molar-refractivity contribution in [1.29, 1.82) is 0 Å². The van der Waals surface area contributed by atoms with Crippen LogP contribution in [0.1, 0.15) is 19.4 Å². The number of aliphatic imine (C=N–C) groups is 1. The molecule has 0 saturated heterocycles. The van der Waals surface area contributed by atoms with E-state index < -0.39 is 0 Å². The molecule has 0 aliphatic rings. The molecule has 0 aliphatic carbocycles. The standard InChI is InChI=1S/C15H24FN3O2.HI/c1-15(2,21-5)10-19-14(17-3)18-9-11-6-7-13(20-4)12(16)8-11;/h6-8H,9-10H2,1-5H3,(H2,17,18,19);1H. The average Bonchev–Trinajstić information content (AvgIpc) is 2.47. The highest BCUT2D eigenvalue weighted by Crippen LogP contribution is 2.17. The molecule has 1 rings (SSSR count). The number of nitrogens with zero attached hydrogens (tertiary/aromatic N) is 1. The summed E-state index contributed by atoms with van der Waals surface area (Å²) >= 11 is 0. The normalized spacial score (nSPS) is 11.6. The zero-order valence-electron chi connectivity index (χ0n) is 13.7. The molecule has 7 heteroatoms. The third-order valence-electron chi connectivity index (χ3n) is 3.13. The lowest BCUT2D eigenvalue weighted by molar-refractivity contribution is 0.0268. The van der Waals surface area contributed by atoms with Gasteiger partial charge in [0.2, 0.25) is 0 Å². The number of hydrogen-bond acceptors (Lipinski definition) is 3. The maximum Gasteiger partial charge on any atom is 0.191 e. The first kappa shape index (κ1) is 20.9. The molecule has 0 bridgehead atoms. The second-order valence-corrected chi connectivity index (χ2v) is 5.21. The lowest BCUT2D eigenvalue weighted by Crippen LogP contribution is -2.45. The van der Waals surface area contributed by atoms with Crippen molar-refractivity contribution < 1.29 is 13.9 Å². The Bertz CT molecular complexity index is 496. The van der Waals surface area contributed by atoms with Gasteiger partial charge in [-0.15, -0.1) is 24.0 Å². The highest BCUT2D eigenvalue weighted by Gasteiger charge is 2.16. The van der Waals surface area contributed by atoms with Gasteiger partial charge in [0.15, 0.2) is 17.5 Å². The van der Waals surface area contributed by atoms with Crippen LogP contribution in [-0.2, 0) is 11.3 Å². The van der Waals surface area contributed by atoms with Crippen molar-refractivity contribution in [3.63, 3.8) is 0 Å². The Morgan fingerprint density at radius 2 is 1.95 bits per heavy atom. The summed E-state index contributed by atoms with van der Waals surface area (Å²) in [7, 11) is 4.79. The first-order valence-corrected chi connectivity index (χ1v) is 6.74. The molecule has 0 radical (unpaired) electrons. The van der Waals surface area contributed by atoms with E-state index in [2.05, 4.69) is 15.6 Å². The number of rotatable bonds is 6. The number of ether oxygens (including phenoxy) is 2. The van der Waals surface area contributed by atoms with E-state index in [1.165, 1.54) is 13.2 Å². The molecular formula is C15H25FIN3O2. The summed E-state index contributed by atoms with van der Waals surface area (Å²) in [6.07, 6.45) is 0. The van der Waals surface area contributed by atoms with E-state index >= 15 is 0 Å². The third-order valence-corrected chi connectivity index (χ3v) is 3.13. The quantitative estimate of drug-likeness (QED) is 0.418. The molecule has 0 fully saturated rings. The Labute approximate surface area is 148 Å². The summed E-state index contributed by atoms with van der Waals surface area (Å²) in [6.45, 7) is 5.03. The smallest absolute Gasteiger partial charge is 0.191 e. The van der Waals surface area contributed by atoms with Gasteiger partial charge in [-0.25, -0.2) is 4.39 Å². The second-order valence-electron chi connectivity index (χ2n) is 5.21. The molecule has 22 heavy (non-hydrogen) atoms. The second kappa shape index (κ2) is 9.83. The molecule has 1 aromatic carbocycles. The maximum atomic E-state index is 13.6. The number of nitrogens with one attached hydrogen (secondary N) is 2. The Hall–Kier alpha value is -1.09. The topological polar surface area (TPSA) is 54.9 Å². The number of halogens is 2. The molecule has 1 aromatic rings. The zero-order chi connectivity index (χ0) is 15.9. The maximum absolute atomic E-state index is 13.6. The van der Waals surface area contributed by atoms with Gasteiger partial charge in [-0.3, -0.25) is 4.99 Å². The van der Waals surface area contributed by atoms with Gasteiger partial charge < -0.3 is 20.1 Å². The van der Waals surface area contributed by atoms with E-state index in [-0.39, 0.29) is 41.1 Å². The molecule has 5 nitrogen and oxygen atoms in total. The summed E-state index contributed by atoms with van der Waals surface area (Å²) in [4.78, 5) is 4.12. The van der Waals surface area contributed by atoms with Crippen LogP contribution in [0.15, 0.2) is 23.2 Å². The van der Waals surface area contributed by atoms with Gasteiger partial charge in [0, 0.05) is 27.2 Å². The fraction of sp³-hybridized carbons (Fsp3) is 0.533. The third kappa shape index (κ3) is 6.78. The van der Waals surface area contributed by atoms with Crippen LogP contribution in [0.5, 0.6) is 5.75 Å². The predicted molar refractivity (Wildman–Crippen MR) is 97.7 cm³/mol. The Morgan fingerprint density at radius 1 is 1.27 bits per heavy atom. The van der Waals surface area contributed by atoms with Crippen LogP contribution in [0.2, 0.25) is 0 Å². The molecule has 2 N–H and O–H groups in total. The molecule has 0 saturated carbocycles. The zero-order valence-corrected chi connectivity index (χ0v) is 16.0. The number of hydrogen-bond donors (Lipinski definition) is 2. The van der Waals surface area contributed by atoms with Crippen LogP contribution in [-0.4, -0.2) is 39.4 Å². The van der Waals surface area contributed by atoms with Crippen LogP contribution in [0, 0.1) is 5.82 Å². The van der Waals surface area contributed by atoms with E-state index in [4.69, 9.17) is 9.47 Å². The molecule has 0 aliphatic heterocycles. The van der Waals surface area contributed by atoms with Gasteiger partial charge in [0.05, 0.1) is 12.7 Å². The first-order valence-electron chi connectivity index (χ1n) is 6.74. The minimum atomic E-state index is -0.375. The van der Waals surface area contributed by atoms with Crippen molar-refractivity contribution >= 4 is 29.9 Å². The lowest BCUT2D eigenvalue weighted by atomic mass is 10.1. The number of guanidine groups is 1. The van der Waals surface area contributed by atoms with Gasteiger partial charge in [-0.1, -0.05) is 6.07 Å². The lowest BCUT2D eigenvalue weighted by Gasteiger charge is -2.24. The van der Waals surface area contributed by atoms with Crippen LogP contribution < -0.4 is 15.4 Å². The fourth-order valence-corrected chi connectivity index (χ4v) is 1.59. The van der Waals surface area contributed by atoms with Crippen LogP contribution in [0.4, 0.5) is 4.39 Å². The molecule has 126 valence electrons. The minimum absolute atomic E-state index is 0. The van der Waals surface area contributed by atoms with Crippen molar-refractivity contribution in [3.05, 3.63) is 29.6 Å². The molecule has 0 unspecified atom stereocenters. The molecule has 0 spiro atoms. The summed E-state index contributed by atoms with van der Waals surface area (Å²) in [5.74, 6) is 0.500. The van der Waals surface area contributed by atoms with Gasteiger partial charge >= 0.3 is 0 Å². The molecule has 0 amide bonds. The highest BCUT2D eigenvalue weighted by molar-refractivity contribution is 14.0. The van der Waals surface area contributed by atoms with Crippen molar-refractivity contribution in [2.24, 2.45) is 4.99 Å². The SMILES string of the molecule is CN=C(NCc1ccc(OC)c(F)c1)NCC(C)(C)OC.I. The predicted octanol–water partition coefficient (Wildman–Crippen LogP) is 2.54. The summed E-state index contributed by atoms with van der Waals surface area (Å²) in [5.41, 5.74) is 0.520. The minimum Gasteiger partial charge on any atom is -0.494 e. The molecule has 0 heterocycles. The van der Waals surface area contributed by atoms with Gasteiger partial charge in [-0.2, -0.15) is 0 Å². The van der Waals surface area contributed by atoms with E-state index in [0.717, 1.165) is 5.56 Å². The highest BCUT2D eigenvalue weighted by atomic mass is 127. The Kier molecular flexibility index (Phi) is 9.34. The van der Waals surface area contributed by atoms with E-state index in [1.54, 1.807) is 26.3 Å². The first-order chi connectivity index (χ1) is 9.91. The van der Waals surface area contributed by atoms with E-state index in [9.17, 15) is 4.39 Å². The Morgan fingerprint density at radius 3 is 2.45 bits per heavy atom. The van der Waals surface area contributed by atoms with Gasteiger partial charge in [0.25, 0.3) is 0 Å². The molecule has 0 atom stereocenters. The van der Waals surface area contributed by atoms with E-state index in [1.807, 2.05) is 13.8 Å². The Balaban J connectivity index is 0.00000441. The van der Waals surface area contributed by atoms with Crippen molar-refractivity contribution in [2.45, 2.75) is 26.0 Å². The summed E-state index contributed by atoms with van der Waals surface area (Å²) in [6, 6.07) is 4.86. The van der Waals surface area contributed by atoms with Crippen molar-refractivity contribution in [2.75, 3.05) is 27.8 Å². The van der Waals surface area contributed by atoms with Crippen molar-refractivity contribution in [1.82, 2.24) is 10.6 Å². The van der Waals surface area contributed by atoms with Crippen LogP contribution in [0.3, 0.4) is 0 Å². The largest absolute Gasteiger partial charge is 0.494 e. The molecule has 0 aromatic heterocycles. The number of benzene rings is 1. The average molecular weight is 425 g/mol. The molecular weight excluding hydrogens is 400 g/mol. The van der Waals surface area contributed by atoms with Gasteiger partial charge in [0.1, 0.15) is 0 Å².